The van der Waals surface area contributed by atoms with E-state index in [0.29, 0.717) is 17.1 Å². The second-order valence-electron chi connectivity index (χ2n) is 3.62. The zero-order valence-corrected chi connectivity index (χ0v) is 10.8. The number of methoxy groups -OCH3 is 1. The normalized spacial score (nSPS) is 11.7. The van der Waals surface area contributed by atoms with Crippen LogP contribution in [-0.2, 0) is 9.53 Å². The van der Waals surface area contributed by atoms with E-state index in [9.17, 15) is 9.59 Å². The molecule has 2 N–H and O–H groups in total. The zero-order chi connectivity index (χ0) is 13.7. The number of esters is 1. The summed E-state index contributed by atoms with van der Waals surface area (Å²) in [5.74, 6) is -1.55. The minimum absolute atomic E-state index is 0.213. The van der Waals surface area contributed by atoms with E-state index in [-0.39, 0.29) is 5.56 Å². The Bertz CT molecular complexity index is 461. The number of carbonyl (C=O) groups is 2. The summed E-state index contributed by atoms with van der Waals surface area (Å²) in [6.45, 7) is 1.74. The van der Waals surface area contributed by atoms with E-state index in [0.717, 1.165) is 0 Å². The number of hydrogen-bond donors (Lipinski definition) is 2. The Morgan fingerprint density at radius 2 is 2.17 bits per heavy atom. The third-order valence-corrected chi connectivity index (χ3v) is 2.66. The maximum Gasteiger partial charge on any atom is 0.340 e. The molecule has 0 aliphatic rings. The average Bonchev–Trinajstić information content (AvgIpc) is 2.35. The molecule has 1 aromatic rings. The summed E-state index contributed by atoms with van der Waals surface area (Å²) >= 11 is 5.80. The van der Waals surface area contributed by atoms with Crippen molar-refractivity contribution in [2.75, 3.05) is 12.4 Å². The maximum atomic E-state index is 11.6. The molecule has 0 aromatic heterocycles. The molecule has 0 spiro atoms. The van der Waals surface area contributed by atoms with Crippen LogP contribution >= 0.6 is 11.6 Å². The first-order valence-electron chi connectivity index (χ1n) is 5.36. The van der Waals surface area contributed by atoms with Crippen LogP contribution in [0.4, 0.5) is 5.69 Å². The number of aliphatic carboxylic acids is 1. The summed E-state index contributed by atoms with van der Waals surface area (Å²) < 4.78 is 4.62. The molecule has 1 atom stereocenters. The summed E-state index contributed by atoms with van der Waals surface area (Å²) in [6, 6.07) is 3.80. The molecule has 0 aliphatic carbocycles. The number of carbonyl (C=O) groups excluding carboxylic acids is 1. The van der Waals surface area contributed by atoms with Gasteiger partial charge >= 0.3 is 11.9 Å². The molecule has 6 heteroatoms. The van der Waals surface area contributed by atoms with E-state index in [1.165, 1.54) is 13.2 Å². The van der Waals surface area contributed by atoms with Crippen molar-refractivity contribution in [3.63, 3.8) is 0 Å². The van der Waals surface area contributed by atoms with Crippen LogP contribution in [0.3, 0.4) is 0 Å². The first-order chi connectivity index (χ1) is 8.49. The van der Waals surface area contributed by atoms with Crippen molar-refractivity contribution in [2.45, 2.75) is 19.4 Å². The van der Waals surface area contributed by atoms with Crippen molar-refractivity contribution >= 4 is 29.2 Å². The lowest BCUT2D eigenvalue weighted by Crippen LogP contribution is -2.29. The van der Waals surface area contributed by atoms with Gasteiger partial charge in [-0.05, 0) is 24.6 Å². The summed E-state index contributed by atoms with van der Waals surface area (Å²) in [5.41, 5.74) is 0.602. The van der Waals surface area contributed by atoms with Crippen LogP contribution in [0.5, 0.6) is 0 Å². The number of anilines is 1. The topological polar surface area (TPSA) is 75.6 Å². The molecule has 0 saturated heterocycles. The highest BCUT2D eigenvalue weighted by Gasteiger charge is 2.19. The van der Waals surface area contributed by atoms with Crippen molar-refractivity contribution in [3.05, 3.63) is 28.8 Å². The summed E-state index contributed by atoms with van der Waals surface area (Å²) in [6.07, 6.45) is 0.387. The Morgan fingerprint density at radius 1 is 1.50 bits per heavy atom. The van der Waals surface area contributed by atoms with Gasteiger partial charge in [0.2, 0.25) is 0 Å². The van der Waals surface area contributed by atoms with Gasteiger partial charge in [-0.25, -0.2) is 9.59 Å². The second-order valence-corrected chi connectivity index (χ2v) is 4.06. The fraction of sp³-hybridized carbons (Fsp3) is 0.333. The third-order valence-electron chi connectivity index (χ3n) is 2.42. The second kappa shape index (κ2) is 6.26. The lowest BCUT2D eigenvalue weighted by molar-refractivity contribution is -0.137. The Morgan fingerprint density at radius 3 is 2.67 bits per heavy atom. The highest BCUT2D eigenvalue weighted by molar-refractivity contribution is 6.31. The van der Waals surface area contributed by atoms with Crippen LogP contribution in [0, 0.1) is 0 Å². The Hall–Kier alpha value is -1.75. The maximum absolute atomic E-state index is 11.6. The lowest BCUT2D eigenvalue weighted by Gasteiger charge is -2.16. The predicted octanol–water partition coefficient (Wildman–Crippen LogP) is 2.40. The van der Waals surface area contributed by atoms with Crippen LogP contribution in [0.1, 0.15) is 23.7 Å². The van der Waals surface area contributed by atoms with E-state index in [4.69, 9.17) is 16.7 Å². The van der Waals surface area contributed by atoms with Crippen LogP contribution in [0.15, 0.2) is 18.2 Å². The van der Waals surface area contributed by atoms with Gasteiger partial charge in [0.05, 0.1) is 12.7 Å². The molecule has 0 aliphatic heterocycles. The van der Waals surface area contributed by atoms with Crippen molar-refractivity contribution in [2.24, 2.45) is 0 Å². The zero-order valence-electron chi connectivity index (χ0n) is 10.1. The van der Waals surface area contributed by atoms with Gasteiger partial charge in [0.1, 0.15) is 6.04 Å². The molecular formula is C12H14ClNO4. The predicted molar refractivity (Wildman–Crippen MR) is 68.1 cm³/mol. The minimum atomic E-state index is -0.983. The van der Waals surface area contributed by atoms with Gasteiger partial charge in [-0.2, -0.15) is 0 Å². The quantitative estimate of drug-likeness (QED) is 0.804. The number of rotatable bonds is 5. The summed E-state index contributed by atoms with van der Waals surface area (Å²) in [7, 11) is 1.25. The summed E-state index contributed by atoms with van der Waals surface area (Å²) in [4.78, 5) is 22.5. The lowest BCUT2D eigenvalue weighted by atomic mass is 10.1. The van der Waals surface area contributed by atoms with E-state index in [1.54, 1.807) is 19.1 Å². The smallest absolute Gasteiger partial charge is 0.340 e. The standard InChI is InChI=1S/C12H14ClNO4/c1-3-9(11(15)16)14-10-5-4-7(13)6-8(10)12(17)18-2/h4-6,9,14H,3H2,1-2H3,(H,15,16). The molecule has 0 saturated carbocycles. The van der Waals surface area contributed by atoms with Gasteiger partial charge in [-0.15, -0.1) is 0 Å². The van der Waals surface area contributed by atoms with E-state index < -0.39 is 18.0 Å². The number of ether oxygens (including phenoxy) is 1. The number of halogens is 1. The van der Waals surface area contributed by atoms with Crippen molar-refractivity contribution < 1.29 is 19.4 Å². The van der Waals surface area contributed by atoms with Gasteiger partial charge in [0.25, 0.3) is 0 Å². The number of hydrogen-bond acceptors (Lipinski definition) is 4. The molecule has 18 heavy (non-hydrogen) atoms. The largest absolute Gasteiger partial charge is 0.480 e. The average molecular weight is 272 g/mol. The molecule has 1 unspecified atom stereocenters. The van der Waals surface area contributed by atoms with Crippen molar-refractivity contribution in [3.8, 4) is 0 Å². The fourth-order valence-electron chi connectivity index (χ4n) is 1.45. The molecular weight excluding hydrogens is 258 g/mol. The van der Waals surface area contributed by atoms with Gasteiger partial charge in [0.15, 0.2) is 0 Å². The third kappa shape index (κ3) is 3.37. The molecule has 0 bridgehead atoms. The van der Waals surface area contributed by atoms with Crippen molar-refractivity contribution in [1.29, 1.82) is 0 Å². The van der Waals surface area contributed by atoms with Crippen LogP contribution < -0.4 is 5.32 Å². The molecule has 0 fully saturated rings. The SMILES string of the molecule is CCC(Nc1ccc(Cl)cc1C(=O)OC)C(=O)O. The molecule has 0 heterocycles. The number of benzene rings is 1. The molecule has 1 rings (SSSR count). The molecule has 5 nitrogen and oxygen atoms in total. The monoisotopic (exact) mass is 271 g/mol. The first kappa shape index (κ1) is 14.3. The Labute approximate surface area is 110 Å². The Kier molecular flexibility index (Phi) is 4.97. The fourth-order valence-corrected chi connectivity index (χ4v) is 1.62. The molecule has 98 valence electrons. The van der Waals surface area contributed by atoms with E-state index >= 15 is 0 Å². The highest BCUT2D eigenvalue weighted by Crippen LogP contribution is 2.22. The molecule has 0 radical (unpaired) electrons. The number of carboxylic acids is 1. The van der Waals surface area contributed by atoms with Crippen LogP contribution in [0.2, 0.25) is 5.02 Å². The van der Waals surface area contributed by atoms with E-state index in [1.807, 2.05) is 0 Å². The highest BCUT2D eigenvalue weighted by atomic mass is 35.5. The Balaban J connectivity index is 3.08. The van der Waals surface area contributed by atoms with Crippen molar-refractivity contribution in [1.82, 2.24) is 0 Å². The first-order valence-corrected chi connectivity index (χ1v) is 5.74. The van der Waals surface area contributed by atoms with Gasteiger partial charge in [0, 0.05) is 10.7 Å². The van der Waals surface area contributed by atoms with Crippen LogP contribution in [0.25, 0.3) is 0 Å². The summed E-state index contributed by atoms with van der Waals surface area (Å²) in [5, 5.41) is 12.1. The molecule has 1 aromatic carbocycles. The van der Waals surface area contributed by atoms with E-state index in [2.05, 4.69) is 10.1 Å². The van der Waals surface area contributed by atoms with Gasteiger partial charge in [-0.3, -0.25) is 0 Å². The van der Waals surface area contributed by atoms with Crippen LogP contribution in [-0.4, -0.2) is 30.2 Å². The number of nitrogens with one attached hydrogen (secondary N) is 1. The molecule has 0 amide bonds. The van der Waals surface area contributed by atoms with Gasteiger partial charge in [-0.1, -0.05) is 18.5 Å². The minimum Gasteiger partial charge on any atom is -0.480 e. The van der Waals surface area contributed by atoms with Gasteiger partial charge < -0.3 is 15.2 Å². The number of carboxylic acid groups (broad SMARTS) is 1.